The molecule has 0 heteroatoms. The van der Waals surface area contributed by atoms with Crippen LogP contribution in [0.1, 0.15) is 91.9 Å². The average molecular weight is 303 g/mol. The smallest absolute Gasteiger partial charge is 0.0266 e. The molecule has 4 aliphatic carbocycles. The molecule has 4 aliphatic rings. The molecule has 0 spiro atoms. The maximum absolute atomic E-state index is 2.72. The molecule has 0 N–H and O–H groups in total. The highest BCUT2D eigenvalue weighted by atomic mass is 14.6. The Morgan fingerprint density at radius 1 is 0.818 bits per heavy atom. The lowest BCUT2D eigenvalue weighted by Crippen LogP contribution is -2.53. The molecule has 0 aromatic heterocycles. The summed E-state index contributed by atoms with van der Waals surface area (Å²) < 4.78 is 0. The van der Waals surface area contributed by atoms with E-state index in [1.165, 1.54) is 19.3 Å². The fraction of sp³-hybridized carbons (Fsp3) is 1.00. The van der Waals surface area contributed by atoms with Gasteiger partial charge in [0, 0.05) is 0 Å². The van der Waals surface area contributed by atoms with Gasteiger partial charge in [0.2, 0.25) is 0 Å². The van der Waals surface area contributed by atoms with Gasteiger partial charge < -0.3 is 0 Å². The molecule has 0 amide bonds. The molecule has 8 unspecified atom stereocenters. The fourth-order valence-electron chi connectivity index (χ4n) is 8.25. The zero-order valence-electron chi connectivity index (χ0n) is 15.5. The van der Waals surface area contributed by atoms with Crippen LogP contribution in [-0.2, 0) is 0 Å². The van der Waals surface area contributed by atoms with E-state index in [4.69, 9.17) is 0 Å². The zero-order valence-corrected chi connectivity index (χ0v) is 15.5. The second-order valence-corrected chi connectivity index (χ2v) is 10.3. The van der Waals surface area contributed by atoms with Crippen molar-refractivity contribution in [2.45, 2.75) is 91.9 Å². The molecule has 0 nitrogen and oxygen atoms in total. The first-order valence-electron chi connectivity index (χ1n) is 10.5. The van der Waals surface area contributed by atoms with Crippen molar-refractivity contribution >= 4 is 0 Å². The van der Waals surface area contributed by atoms with E-state index in [0.717, 1.165) is 35.5 Å². The van der Waals surface area contributed by atoms with Crippen LogP contribution in [0.4, 0.5) is 0 Å². The summed E-state index contributed by atoms with van der Waals surface area (Å²) in [5.74, 6) is 6.34. The number of hydrogen-bond acceptors (Lipinski definition) is 0. The van der Waals surface area contributed by atoms with Gasteiger partial charge in [-0.05, 0) is 97.7 Å². The highest BCUT2D eigenvalue weighted by molar-refractivity contribution is 5.08. The van der Waals surface area contributed by atoms with Crippen LogP contribution in [0.25, 0.3) is 0 Å². The lowest BCUT2D eigenvalue weighted by Gasteiger charge is -2.61. The molecule has 22 heavy (non-hydrogen) atoms. The number of hydrogen-bond donors (Lipinski definition) is 0. The Morgan fingerprint density at radius 3 is 2.32 bits per heavy atom. The van der Waals surface area contributed by atoms with Crippen molar-refractivity contribution in [2.24, 2.45) is 46.3 Å². The van der Waals surface area contributed by atoms with Gasteiger partial charge in [-0.3, -0.25) is 0 Å². The van der Waals surface area contributed by atoms with Crippen molar-refractivity contribution in [3.05, 3.63) is 0 Å². The van der Waals surface area contributed by atoms with Crippen molar-refractivity contribution in [3.63, 3.8) is 0 Å². The Hall–Kier alpha value is 0. The molecular formula is C22H38. The molecule has 0 aromatic carbocycles. The van der Waals surface area contributed by atoms with E-state index >= 15 is 0 Å². The third-order valence-electron chi connectivity index (χ3n) is 9.62. The summed E-state index contributed by atoms with van der Waals surface area (Å²) in [6, 6.07) is 0. The van der Waals surface area contributed by atoms with Crippen LogP contribution in [-0.4, -0.2) is 0 Å². The lowest BCUT2D eigenvalue weighted by atomic mass is 9.44. The summed E-state index contributed by atoms with van der Waals surface area (Å²) in [5.41, 5.74) is 1.42. The molecule has 126 valence electrons. The Morgan fingerprint density at radius 2 is 1.55 bits per heavy atom. The summed E-state index contributed by atoms with van der Waals surface area (Å²) in [7, 11) is 0. The maximum Gasteiger partial charge on any atom is -0.0266 e. The molecule has 4 fully saturated rings. The van der Waals surface area contributed by atoms with Crippen LogP contribution in [0.5, 0.6) is 0 Å². The highest BCUT2D eigenvalue weighted by Crippen LogP contribution is 2.68. The lowest BCUT2D eigenvalue weighted by molar-refractivity contribution is -0.117. The largest absolute Gasteiger partial charge is 0.0651 e. The molecular weight excluding hydrogens is 264 g/mol. The summed E-state index contributed by atoms with van der Waals surface area (Å²) >= 11 is 0. The molecule has 0 aromatic rings. The average Bonchev–Trinajstić information content (AvgIpc) is 2.84. The Balaban J connectivity index is 1.61. The van der Waals surface area contributed by atoms with Crippen LogP contribution < -0.4 is 0 Å². The minimum atomic E-state index is 0.709. The SMILES string of the molecule is CCC1CCC2C3CCC4CC(C)CCC4(C)C3CCC12C. The van der Waals surface area contributed by atoms with Crippen LogP contribution in [0.15, 0.2) is 0 Å². The van der Waals surface area contributed by atoms with E-state index in [2.05, 4.69) is 27.7 Å². The number of rotatable bonds is 1. The van der Waals surface area contributed by atoms with Crippen molar-refractivity contribution in [1.29, 1.82) is 0 Å². The van der Waals surface area contributed by atoms with Crippen LogP contribution in [0, 0.1) is 46.3 Å². The first-order chi connectivity index (χ1) is 10.5. The van der Waals surface area contributed by atoms with E-state index in [1.54, 1.807) is 44.9 Å². The van der Waals surface area contributed by atoms with Crippen LogP contribution in [0.3, 0.4) is 0 Å². The minimum absolute atomic E-state index is 0.709. The van der Waals surface area contributed by atoms with E-state index in [-0.39, 0.29) is 0 Å². The van der Waals surface area contributed by atoms with Crippen molar-refractivity contribution in [1.82, 2.24) is 0 Å². The van der Waals surface area contributed by atoms with E-state index in [1.807, 2.05) is 0 Å². The predicted molar refractivity (Wildman–Crippen MR) is 94.7 cm³/mol. The van der Waals surface area contributed by atoms with E-state index in [9.17, 15) is 0 Å². The summed E-state index contributed by atoms with van der Waals surface area (Å²) in [4.78, 5) is 0. The standard InChI is InChI=1S/C22H38/c1-5-16-7-9-19-18-8-6-17-14-15(2)10-12-22(17,4)20(18)11-13-21(16,19)3/h15-20H,5-14H2,1-4H3. The fourth-order valence-corrected chi connectivity index (χ4v) is 8.25. The van der Waals surface area contributed by atoms with Gasteiger partial charge in [0.25, 0.3) is 0 Å². The molecule has 8 atom stereocenters. The summed E-state index contributed by atoms with van der Waals surface area (Å²) in [6.07, 6.45) is 15.4. The van der Waals surface area contributed by atoms with Gasteiger partial charge in [-0.2, -0.15) is 0 Å². The zero-order chi connectivity index (χ0) is 15.5. The van der Waals surface area contributed by atoms with Crippen LogP contribution >= 0.6 is 0 Å². The van der Waals surface area contributed by atoms with Gasteiger partial charge >= 0.3 is 0 Å². The summed E-state index contributed by atoms with van der Waals surface area (Å²) in [5, 5.41) is 0. The second-order valence-electron chi connectivity index (χ2n) is 10.3. The van der Waals surface area contributed by atoms with Gasteiger partial charge in [-0.15, -0.1) is 0 Å². The van der Waals surface area contributed by atoms with Crippen LogP contribution in [0.2, 0.25) is 0 Å². The summed E-state index contributed by atoms with van der Waals surface area (Å²) in [6.45, 7) is 10.4. The Bertz CT molecular complexity index is 426. The van der Waals surface area contributed by atoms with Gasteiger partial charge in [-0.1, -0.05) is 40.5 Å². The molecule has 0 saturated heterocycles. The topological polar surface area (TPSA) is 0 Å². The first-order valence-corrected chi connectivity index (χ1v) is 10.5. The van der Waals surface area contributed by atoms with Gasteiger partial charge in [-0.25, -0.2) is 0 Å². The molecule has 0 bridgehead atoms. The van der Waals surface area contributed by atoms with Gasteiger partial charge in [0.05, 0.1) is 0 Å². The van der Waals surface area contributed by atoms with E-state index in [0.29, 0.717) is 10.8 Å². The molecule has 0 radical (unpaired) electrons. The monoisotopic (exact) mass is 302 g/mol. The highest BCUT2D eigenvalue weighted by Gasteiger charge is 2.59. The quantitative estimate of drug-likeness (QED) is 0.506. The van der Waals surface area contributed by atoms with Gasteiger partial charge in [0.1, 0.15) is 0 Å². The van der Waals surface area contributed by atoms with E-state index < -0.39 is 0 Å². The minimum Gasteiger partial charge on any atom is -0.0651 e. The molecule has 0 heterocycles. The third-order valence-corrected chi connectivity index (χ3v) is 9.62. The Kier molecular flexibility index (Phi) is 3.70. The normalized spacial score (nSPS) is 57.8. The predicted octanol–water partition coefficient (Wildman–Crippen LogP) is 6.69. The van der Waals surface area contributed by atoms with Gasteiger partial charge in [0.15, 0.2) is 0 Å². The number of fused-ring (bicyclic) bond motifs is 5. The Labute approximate surface area is 138 Å². The third kappa shape index (κ3) is 2.01. The molecule has 4 saturated carbocycles. The second kappa shape index (κ2) is 5.25. The van der Waals surface area contributed by atoms with Crippen molar-refractivity contribution < 1.29 is 0 Å². The van der Waals surface area contributed by atoms with Crippen molar-refractivity contribution in [2.75, 3.05) is 0 Å². The first kappa shape index (κ1) is 15.5. The molecule has 0 aliphatic heterocycles. The molecule has 4 rings (SSSR count). The maximum atomic E-state index is 2.72. The van der Waals surface area contributed by atoms with Crippen molar-refractivity contribution in [3.8, 4) is 0 Å².